The van der Waals surface area contributed by atoms with Crippen molar-refractivity contribution in [3.05, 3.63) is 34.9 Å². The molecule has 0 unspecified atom stereocenters. The number of ether oxygens (including phenoxy) is 1. The monoisotopic (exact) mass is 236 g/mol. The van der Waals surface area contributed by atoms with Gasteiger partial charge in [-0.3, -0.25) is 0 Å². The predicted molar refractivity (Wildman–Crippen MR) is 67.4 cm³/mol. The summed E-state index contributed by atoms with van der Waals surface area (Å²) in [6, 6.07) is 5.90. The lowest BCUT2D eigenvalue weighted by molar-refractivity contribution is 0.150. The molecule has 0 saturated carbocycles. The third-order valence-electron chi connectivity index (χ3n) is 2.66. The van der Waals surface area contributed by atoms with Gasteiger partial charge in [0.2, 0.25) is 0 Å². The van der Waals surface area contributed by atoms with Gasteiger partial charge in [0.1, 0.15) is 6.61 Å². The molecule has 0 atom stereocenters. The van der Waals surface area contributed by atoms with Crippen molar-refractivity contribution >= 4 is 6.09 Å². The molecule has 1 amide bonds. The lowest BCUT2D eigenvalue weighted by atomic mass is 9.82. The third kappa shape index (κ3) is 3.46. The number of primary amides is 1. The maximum Gasteiger partial charge on any atom is 0.404 e. The SMILES string of the molecule is CC(C)(C)c1cccc(COC(N)=O)c1CN. The number of hydrogen-bond acceptors (Lipinski definition) is 3. The second kappa shape index (κ2) is 5.19. The standard InChI is InChI=1S/C13H20N2O2/c1-13(2,3)11-6-4-5-9(10(11)7-14)8-17-12(15)16/h4-6H,7-8,14H2,1-3H3,(H2,15,16). The molecule has 4 heteroatoms. The number of hydrogen-bond donors (Lipinski definition) is 2. The van der Waals surface area contributed by atoms with Crippen LogP contribution in [-0.4, -0.2) is 6.09 Å². The maximum absolute atomic E-state index is 10.6. The quantitative estimate of drug-likeness (QED) is 0.843. The van der Waals surface area contributed by atoms with Gasteiger partial charge in [-0.05, 0) is 22.1 Å². The van der Waals surface area contributed by atoms with Gasteiger partial charge in [-0.25, -0.2) is 4.79 Å². The van der Waals surface area contributed by atoms with Gasteiger partial charge in [0.05, 0.1) is 0 Å². The number of carbonyl (C=O) groups excluding carboxylic acids is 1. The van der Waals surface area contributed by atoms with E-state index in [9.17, 15) is 4.79 Å². The highest BCUT2D eigenvalue weighted by molar-refractivity contribution is 5.64. The Kier molecular flexibility index (Phi) is 4.12. The molecule has 0 aliphatic carbocycles. The van der Waals surface area contributed by atoms with Crippen LogP contribution in [0, 0.1) is 0 Å². The van der Waals surface area contributed by atoms with Gasteiger partial charge in [0.25, 0.3) is 0 Å². The highest BCUT2D eigenvalue weighted by atomic mass is 16.5. The van der Waals surface area contributed by atoms with Gasteiger partial charge < -0.3 is 16.2 Å². The Bertz CT molecular complexity index is 408. The number of amides is 1. The molecule has 4 nitrogen and oxygen atoms in total. The molecular formula is C13H20N2O2. The van der Waals surface area contributed by atoms with Gasteiger partial charge in [0.15, 0.2) is 0 Å². The molecule has 94 valence electrons. The van der Waals surface area contributed by atoms with Crippen molar-refractivity contribution in [2.45, 2.75) is 39.3 Å². The fraction of sp³-hybridized carbons (Fsp3) is 0.462. The van der Waals surface area contributed by atoms with Crippen molar-refractivity contribution in [2.24, 2.45) is 11.5 Å². The Morgan fingerprint density at radius 3 is 2.47 bits per heavy atom. The Labute approximate surface area is 102 Å². The number of rotatable bonds is 3. The molecule has 0 aliphatic heterocycles. The molecule has 1 aromatic carbocycles. The van der Waals surface area contributed by atoms with Crippen molar-refractivity contribution in [1.29, 1.82) is 0 Å². The summed E-state index contributed by atoms with van der Waals surface area (Å²) in [5, 5.41) is 0. The zero-order chi connectivity index (χ0) is 13.1. The molecule has 0 fully saturated rings. The average Bonchev–Trinajstić information content (AvgIpc) is 2.24. The number of benzene rings is 1. The fourth-order valence-electron chi connectivity index (χ4n) is 1.86. The first kappa shape index (κ1) is 13.5. The van der Waals surface area contributed by atoms with Crippen molar-refractivity contribution in [2.75, 3.05) is 0 Å². The van der Waals surface area contributed by atoms with Crippen LogP contribution in [0.1, 0.15) is 37.5 Å². The zero-order valence-electron chi connectivity index (χ0n) is 10.6. The molecule has 4 N–H and O–H groups in total. The summed E-state index contributed by atoms with van der Waals surface area (Å²) in [6.45, 7) is 6.97. The van der Waals surface area contributed by atoms with E-state index in [2.05, 4.69) is 26.8 Å². The highest BCUT2D eigenvalue weighted by Crippen LogP contribution is 2.28. The molecule has 0 aromatic heterocycles. The summed E-state index contributed by atoms with van der Waals surface area (Å²) in [5.41, 5.74) is 13.9. The van der Waals surface area contributed by atoms with E-state index >= 15 is 0 Å². The highest BCUT2D eigenvalue weighted by Gasteiger charge is 2.19. The normalized spacial score (nSPS) is 11.3. The number of carbonyl (C=O) groups is 1. The van der Waals surface area contributed by atoms with Gasteiger partial charge >= 0.3 is 6.09 Å². The first-order valence-electron chi connectivity index (χ1n) is 5.59. The molecular weight excluding hydrogens is 216 g/mol. The summed E-state index contributed by atoms with van der Waals surface area (Å²) in [7, 11) is 0. The van der Waals surface area contributed by atoms with E-state index in [0.29, 0.717) is 6.54 Å². The van der Waals surface area contributed by atoms with E-state index in [1.165, 1.54) is 5.56 Å². The van der Waals surface area contributed by atoms with Crippen LogP contribution in [0.15, 0.2) is 18.2 Å². The van der Waals surface area contributed by atoms with Crippen molar-refractivity contribution in [1.82, 2.24) is 0 Å². The van der Waals surface area contributed by atoms with Crippen LogP contribution in [0.4, 0.5) is 4.79 Å². The molecule has 0 aliphatic rings. The van der Waals surface area contributed by atoms with Gasteiger partial charge in [-0.15, -0.1) is 0 Å². The second-order valence-electron chi connectivity index (χ2n) is 5.01. The lowest BCUT2D eigenvalue weighted by Crippen LogP contribution is -2.19. The maximum atomic E-state index is 10.6. The Morgan fingerprint density at radius 1 is 1.35 bits per heavy atom. The van der Waals surface area contributed by atoms with Crippen LogP contribution >= 0.6 is 0 Å². The van der Waals surface area contributed by atoms with E-state index in [-0.39, 0.29) is 12.0 Å². The predicted octanol–water partition coefficient (Wildman–Crippen LogP) is 2.04. The van der Waals surface area contributed by atoms with Crippen LogP contribution in [0.5, 0.6) is 0 Å². The molecule has 17 heavy (non-hydrogen) atoms. The van der Waals surface area contributed by atoms with Crippen LogP contribution in [-0.2, 0) is 23.3 Å². The van der Waals surface area contributed by atoms with Gasteiger partial charge in [-0.2, -0.15) is 0 Å². The summed E-state index contributed by atoms with van der Waals surface area (Å²) < 4.78 is 4.82. The van der Waals surface area contributed by atoms with Crippen molar-refractivity contribution in [3.8, 4) is 0 Å². The van der Waals surface area contributed by atoms with E-state index in [0.717, 1.165) is 11.1 Å². The minimum absolute atomic E-state index is 0.0113. The minimum Gasteiger partial charge on any atom is -0.445 e. The van der Waals surface area contributed by atoms with E-state index in [1.807, 2.05) is 12.1 Å². The summed E-state index contributed by atoms with van der Waals surface area (Å²) >= 11 is 0. The van der Waals surface area contributed by atoms with E-state index in [1.54, 1.807) is 0 Å². The largest absolute Gasteiger partial charge is 0.445 e. The molecule has 0 radical (unpaired) electrons. The molecule has 1 rings (SSSR count). The zero-order valence-corrected chi connectivity index (χ0v) is 10.6. The molecule has 0 saturated heterocycles. The van der Waals surface area contributed by atoms with Crippen molar-refractivity contribution < 1.29 is 9.53 Å². The third-order valence-corrected chi connectivity index (χ3v) is 2.66. The molecule has 0 bridgehead atoms. The van der Waals surface area contributed by atoms with Crippen molar-refractivity contribution in [3.63, 3.8) is 0 Å². The lowest BCUT2D eigenvalue weighted by Gasteiger charge is -2.24. The van der Waals surface area contributed by atoms with E-state index in [4.69, 9.17) is 16.2 Å². The van der Waals surface area contributed by atoms with E-state index < -0.39 is 6.09 Å². The fourth-order valence-corrected chi connectivity index (χ4v) is 1.86. The van der Waals surface area contributed by atoms with Gasteiger partial charge in [0, 0.05) is 6.54 Å². The Morgan fingerprint density at radius 2 is 2.00 bits per heavy atom. The topological polar surface area (TPSA) is 78.3 Å². The smallest absolute Gasteiger partial charge is 0.404 e. The molecule has 1 aromatic rings. The second-order valence-corrected chi connectivity index (χ2v) is 5.01. The first-order valence-corrected chi connectivity index (χ1v) is 5.59. The van der Waals surface area contributed by atoms with Crippen LogP contribution in [0.25, 0.3) is 0 Å². The number of nitrogens with two attached hydrogens (primary N) is 2. The van der Waals surface area contributed by atoms with Crippen LogP contribution in [0.3, 0.4) is 0 Å². The molecule has 0 spiro atoms. The summed E-state index contributed by atoms with van der Waals surface area (Å²) in [6.07, 6.45) is -0.769. The molecule has 0 heterocycles. The van der Waals surface area contributed by atoms with Crippen LogP contribution < -0.4 is 11.5 Å². The first-order chi connectivity index (χ1) is 7.86. The summed E-state index contributed by atoms with van der Waals surface area (Å²) in [4.78, 5) is 10.6. The Hall–Kier alpha value is -1.55. The minimum atomic E-state index is -0.769. The Balaban J connectivity index is 3.10. The average molecular weight is 236 g/mol. The van der Waals surface area contributed by atoms with Crippen LogP contribution in [0.2, 0.25) is 0 Å². The summed E-state index contributed by atoms with van der Waals surface area (Å²) in [5.74, 6) is 0. The van der Waals surface area contributed by atoms with Gasteiger partial charge in [-0.1, -0.05) is 39.0 Å².